The molecule has 0 aromatic heterocycles. The minimum absolute atomic E-state index is 0.0169. The van der Waals surface area contributed by atoms with Crippen LogP contribution in [0.15, 0.2) is 18.2 Å². The highest BCUT2D eigenvalue weighted by molar-refractivity contribution is 5.88. The van der Waals surface area contributed by atoms with E-state index in [-0.39, 0.29) is 17.9 Å². The van der Waals surface area contributed by atoms with E-state index in [1.807, 2.05) is 6.92 Å². The number of carbonyl (C=O) groups excluding carboxylic acids is 2. The van der Waals surface area contributed by atoms with Gasteiger partial charge in [-0.2, -0.15) is 0 Å². The van der Waals surface area contributed by atoms with Crippen molar-refractivity contribution in [3.05, 3.63) is 29.3 Å². The number of amides is 2. The van der Waals surface area contributed by atoms with Gasteiger partial charge < -0.3 is 15.1 Å². The second kappa shape index (κ2) is 7.89. The van der Waals surface area contributed by atoms with Crippen LogP contribution in [0.5, 0.6) is 0 Å². The van der Waals surface area contributed by atoms with Crippen molar-refractivity contribution in [1.82, 2.24) is 10.2 Å². The maximum atomic E-state index is 12.6. The van der Waals surface area contributed by atoms with Crippen LogP contribution >= 0.6 is 0 Å². The summed E-state index contributed by atoms with van der Waals surface area (Å²) < 4.78 is 0. The van der Waals surface area contributed by atoms with Gasteiger partial charge >= 0.3 is 0 Å². The normalized spacial score (nSPS) is 19.7. The topological polar surface area (TPSA) is 52.7 Å². The van der Waals surface area contributed by atoms with Crippen molar-refractivity contribution in [2.24, 2.45) is 0 Å². The van der Waals surface area contributed by atoms with Crippen molar-refractivity contribution < 1.29 is 9.59 Å². The van der Waals surface area contributed by atoms with E-state index in [2.05, 4.69) is 35.5 Å². The standard InChI is InChI=1S/C20H29N3O2/c1-3-6-19(24)23-12-5-8-18(23)20(25)21-14-15-9-10-17-16(13-15)7-4-11-22(17)2/h9-10,13,18H,3-8,11-12,14H2,1-2H3,(H,21,25). The fourth-order valence-electron chi connectivity index (χ4n) is 3.95. The predicted molar refractivity (Wildman–Crippen MR) is 99.5 cm³/mol. The third kappa shape index (κ3) is 3.97. The number of fused-ring (bicyclic) bond motifs is 1. The summed E-state index contributed by atoms with van der Waals surface area (Å²) in [6, 6.07) is 6.17. The maximum Gasteiger partial charge on any atom is 0.243 e. The van der Waals surface area contributed by atoms with Gasteiger partial charge in [0.05, 0.1) is 0 Å². The van der Waals surface area contributed by atoms with E-state index in [0.717, 1.165) is 37.8 Å². The highest BCUT2D eigenvalue weighted by Gasteiger charge is 2.33. The van der Waals surface area contributed by atoms with Gasteiger partial charge in [-0.1, -0.05) is 19.1 Å². The number of rotatable bonds is 5. The van der Waals surface area contributed by atoms with Gasteiger partial charge in [0.25, 0.3) is 0 Å². The summed E-state index contributed by atoms with van der Waals surface area (Å²) in [6.45, 7) is 4.34. The van der Waals surface area contributed by atoms with E-state index in [1.165, 1.54) is 17.7 Å². The lowest BCUT2D eigenvalue weighted by molar-refractivity contribution is -0.138. The van der Waals surface area contributed by atoms with Crippen molar-refractivity contribution in [2.75, 3.05) is 25.0 Å². The van der Waals surface area contributed by atoms with E-state index in [9.17, 15) is 9.59 Å². The average molecular weight is 343 g/mol. The van der Waals surface area contributed by atoms with Crippen LogP contribution in [0, 0.1) is 0 Å². The van der Waals surface area contributed by atoms with E-state index >= 15 is 0 Å². The van der Waals surface area contributed by atoms with Crippen molar-refractivity contribution in [1.29, 1.82) is 0 Å². The third-order valence-electron chi connectivity index (χ3n) is 5.30. The number of likely N-dealkylation sites (tertiary alicyclic amines) is 1. The second-order valence-corrected chi connectivity index (χ2v) is 7.20. The molecule has 1 aromatic carbocycles. The Morgan fingerprint density at radius 3 is 2.88 bits per heavy atom. The molecule has 1 aromatic rings. The van der Waals surface area contributed by atoms with Crippen LogP contribution in [0.2, 0.25) is 0 Å². The molecule has 2 aliphatic rings. The molecule has 0 aliphatic carbocycles. The molecule has 0 radical (unpaired) electrons. The number of anilines is 1. The molecule has 1 N–H and O–H groups in total. The van der Waals surface area contributed by atoms with Gasteiger partial charge in [-0.3, -0.25) is 9.59 Å². The molecule has 2 aliphatic heterocycles. The number of benzene rings is 1. The Morgan fingerprint density at radius 1 is 1.24 bits per heavy atom. The van der Waals surface area contributed by atoms with Crippen LogP contribution in [0.3, 0.4) is 0 Å². The molecule has 5 heteroatoms. The van der Waals surface area contributed by atoms with Gasteiger partial charge in [0.15, 0.2) is 0 Å². The molecule has 0 bridgehead atoms. The van der Waals surface area contributed by atoms with Crippen molar-refractivity contribution in [3.8, 4) is 0 Å². The van der Waals surface area contributed by atoms with Gasteiger partial charge in [-0.25, -0.2) is 0 Å². The molecular formula is C20H29N3O2. The molecule has 136 valence electrons. The summed E-state index contributed by atoms with van der Waals surface area (Å²) >= 11 is 0. The van der Waals surface area contributed by atoms with Crippen LogP contribution in [-0.4, -0.2) is 42.9 Å². The maximum absolute atomic E-state index is 12.6. The largest absolute Gasteiger partial charge is 0.374 e. The first-order valence-corrected chi connectivity index (χ1v) is 9.50. The molecule has 2 heterocycles. The molecule has 1 fully saturated rings. The Hall–Kier alpha value is -2.04. The Kier molecular flexibility index (Phi) is 5.61. The van der Waals surface area contributed by atoms with Gasteiger partial charge in [-0.05, 0) is 49.3 Å². The first-order chi connectivity index (χ1) is 12.1. The van der Waals surface area contributed by atoms with Crippen LogP contribution in [0.4, 0.5) is 5.69 Å². The summed E-state index contributed by atoms with van der Waals surface area (Å²) in [5.41, 5.74) is 3.79. The molecule has 25 heavy (non-hydrogen) atoms. The van der Waals surface area contributed by atoms with Crippen LogP contribution in [0.1, 0.15) is 50.2 Å². The zero-order valence-electron chi connectivity index (χ0n) is 15.4. The first-order valence-electron chi connectivity index (χ1n) is 9.50. The van der Waals surface area contributed by atoms with Crippen molar-refractivity contribution in [2.45, 2.75) is 58.0 Å². The Balaban J connectivity index is 1.59. The number of hydrogen-bond donors (Lipinski definition) is 1. The molecule has 0 spiro atoms. The molecule has 1 saturated heterocycles. The van der Waals surface area contributed by atoms with E-state index in [4.69, 9.17) is 0 Å². The Bertz CT molecular complexity index is 644. The molecule has 1 atom stereocenters. The highest BCUT2D eigenvalue weighted by atomic mass is 16.2. The summed E-state index contributed by atoms with van der Waals surface area (Å²) in [6.07, 6.45) is 5.32. The van der Waals surface area contributed by atoms with Crippen molar-refractivity contribution in [3.63, 3.8) is 0 Å². The van der Waals surface area contributed by atoms with Crippen LogP contribution in [-0.2, 0) is 22.6 Å². The average Bonchev–Trinajstić information content (AvgIpc) is 3.10. The van der Waals surface area contributed by atoms with Gasteiger partial charge in [0, 0.05) is 38.8 Å². The first kappa shape index (κ1) is 17.8. The number of nitrogens with one attached hydrogen (secondary N) is 1. The minimum atomic E-state index is -0.289. The zero-order valence-corrected chi connectivity index (χ0v) is 15.4. The highest BCUT2D eigenvalue weighted by Crippen LogP contribution is 2.27. The number of aryl methyl sites for hydroxylation is 1. The van der Waals surface area contributed by atoms with Crippen molar-refractivity contribution >= 4 is 17.5 Å². The number of hydrogen-bond acceptors (Lipinski definition) is 3. The number of carbonyl (C=O) groups is 2. The molecule has 0 saturated carbocycles. The summed E-state index contributed by atoms with van der Waals surface area (Å²) in [5, 5.41) is 3.04. The monoisotopic (exact) mass is 343 g/mol. The Labute approximate surface area is 150 Å². The van der Waals surface area contributed by atoms with Gasteiger partial charge in [0.2, 0.25) is 11.8 Å². The van der Waals surface area contributed by atoms with Crippen LogP contribution < -0.4 is 10.2 Å². The minimum Gasteiger partial charge on any atom is -0.374 e. The molecular weight excluding hydrogens is 314 g/mol. The smallest absolute Gasteiger partial charge is 0.243 e. The lowest BCUT2D eigenvalue weighted by Gasteiger charge is -2.28. The summed E-state index contributed by atoms with van der Waals surface area (Å²) in [7, 11) is 2.13. The summed E-state index contributed by atoms with van der Waals surface area (Å²) in [4.78, 5) is 28.8. The van der Waals surface area contributed by atoms with Gasteiger partial charge in [-0.15, -0.1) is 0 Å². The molecule has 5 nitrogen and oxygen atoms in total. The number of nitrogens with zero attached hydrogens (tertiary/aromatic N) is 2. The summed E-state index contributed by atoms with van der Waals surface area (Å²) in [5.74, 6) is 0.0914. The zero-order chi connectivity index (χ0) is 17.8. The van der Waals surface area contributed by atoms with Crippen LogP contribution in [0.25, 0.3) is 0 Å². The second-order valence-electron chi connectivity index (χ2n) is 7.20. The van der Waals surface area contributed by atoms with Gasteiger partial charge in [0.1, 0.15) is 6.04 Å². The van der Waals surface area contributed by atoms with E-state index < -0.39 is 0 Å². The fraction of sp³-hybridized carbons (Fsp3) is 0.600. The lowest BCUT2D eigenvalue weighted by Crippen LogP contribution is -2.45. The predicted octanol–water partition coefficient (Wildman–Crippen LogP) is 2.48. The third-order valence-corrected chi connectivity index (χ3v) is 5.30. The molecule has 1 unspecified atom stereocenters. The quantitative estimate of drug-likeness (QED) is 0.894. The van der Waals surface area contributed by atoms with E-state index in [0.29, 0.717) is 19.5 Å². The fourth-order valence-corrected chi connectivity index (χ4v) is 3.95. The Morgan fingerprint density at radius 2 is 2.08 bits per heavy atom. The lowest BCUT2D eigenvalue weighted by atomic mass is 9.99. The molecule has 2 amide bonds. The van der Waals surface area contributed by atoms with E-state index in [1.54, 1.807) is 4.90 Å². The molecule has 3 rings (SSSR count). The SMILES string of the molecule is CCCC(=O)N1CCCC1C(=O)NCc1ccc2c(c1)CCCN2C.